The lowest BCUT2D eigenvalue weighted by Crippen LogP contribution is -2.32. The normalized spacial score (nSPS) is 13.0. The molecule has 0 saturated carbocycles. The molecule has 138 valence electrons. The lowest BCUT2D eigenvalue weighted by molar-refractivity contribution is -0.154. The van der Waals surface area contributed by atoms with Gasteiger partial charge in [-0.15, -0.1) is 0 Å². The van der Waals surface area contributed by atoms with Gasteiger partial charge in [0.1, 0.15) is 0 Å². The average molecular weight is 365 g/mol. The number of halogens is 3. The van der Waals surface area contributed by atoms with Gasteiger partial charge in [-0.25, -0.2) is 13.2 Å². The van der Waals surface area contributed by atoms with Crippen molar-refractivity contribution in [2.75, 3.05) is 5.32 Å². The second-order valence-corrected chi connectivity index (χ2v) is 5.66. The third-order valence-electron chi connectivity index (χ3n) is 3.85. The third kappa shape index (κ3) is 4.41. The first-order chi connectivity index (χ1) is 12.3. The van der Waals surface area contributed by atoms with Crippen molar-refractivity contribution in [3.63, 3.8) is 0 Å². The Morgan fingerprint density at radius 3 is 2.31 bits per heavy atom. The van der Waals surface area contributed by atoms with Gasteiger partial charge in [0.05, 0.1) is 11.6 Å². The zero-order valence-corrected chi connectivity index (χ0v) is 14.3. The predicted molar refractivity (Wildman–Crippen MR) is 90.0 cm³/mol. The van der Waals surface area contributed by atoms with Crippen LogP contribution >= 0.6 is 0 Å². The summed E-state index contributed by atoms with van der Waals surface area (Å²) < 4.78 is 44.9. The molecule has 26 heavy (non-hydrogen) atoms. The Kier molecular flexibility index (Phi) is 6.38. The van der Waals surface area contributed by atoms with Crippen molar-refractivity contribution in [2.24, 2.45) is 0 Å². The van der Waals surface area contributed by atoms with Crippen LogP contribution in [0.4, 0.5) is 18.9 Å². The highest BCUT2D eigenvalue weighted by atomic mass is 19.2. The van der Waals surface area contributed by atoms with E-state index < -0.39 is 47.0 Å². The molecule has 0 bridgehead atoms. The number of amides is 1. The van der Waals surface area contributed by atoms with E-state index in [1.54, 1.807) is 31.2 Å². The van der Waals surface area contributed by atoms with E-state index in [4.69, 9.17) is 4.74 Å². The van der Waals surface area contributed by atoms with Gasteiger partial charge in [-0.3, -0.25) is 9.59 Å². The molecule has 1 amide bonds. The predicted octanol–water partition coefficient (Wildman–Crippen LogP) is 4.17. The molecular formula is C19H18F3NO3. The number of hydrogen-bond acceptors (Lipinski definition) is 3. The van der Waals surface area contributed by atoms with Crippen LogP contribution in [0.2, 0.25) is 0 Å². The van der Waals surface area contributed by atoms with Gasteiger partial charge in [-0.05, 0) is 31.0 Å². The van der Waals surface area contributed by atoms with Gasteiger partial charge in [0.25, 0.3) is 5.91 Å². The maximum Gasteiger partial charge on any atom is 0.314 e. The van der Waals surface area contributed by atoms with Crippen LogP contribution in [0.3, 0.4) is 0 Å². The molecule has 0 aliphatic heterocycles. The van der Waals surface area contributed by atoms with Crippen molar-refractivity contribution in [3.8, 4) is 0 Å². The summed E-state index contributed by atoms with van der Waals surface area (Å²) >= 11 is 0. The Hall–Kier alpha value is -2.83. The zero-order chi connectivity index (χ0) is 19.3. The number of esters is 1. The first kappa shape index (κ1) is 19.5. The topological polar surface area (TPSA) is 55.4 Å². The van der Waals surface area contributed by atoms with E-state index in [0.717, 1.165) is 11.6 Å². The number of nitrogens with one attached hydrogen (secondary N) is 1. The van der Waals surface area contributed by atoms with Crippen molar-refractivity contribution >= 4 is 17.6 Å². The van der Waals surface area contributed by atoms with Crippen LogP contribution in [-0.4, -0.2) is 18.0 Å². The van der Waals surface area contributed by atoms with Crippen LogP contribution in [0.25, 0.3) is 0 Å². The first-order valence-electron chi connectivity index (χ1n) is 8.05. The monoisotopic (exact) mass is 365 g/mol. The van der Waals surface area contributed by atoms with Crippen LogP contribution in [0, 0.1) is 17.5 Å². The molecule has 2 aromatic carbocycles. The summed E-state index contributed by atoms with van der Waals surface area (Å²) in [5.41, 5.74) is 0.214. The number of benzene rings is 2. The fourth-order valence-corrected chi connectivity index (χ4v) is 2.39. The van der Waals surface area contributed by atoms with Crippen LogP contribution in [-0.2, 0) is 14.3 Å². The molecule has 0 aromatic heterocycles. The van der Waals surface area contributed by atoms with Crippen molar-refractivity contribution < 1.29 is 27.5 Å². The van der Waals surface area contributed by atoms with Crippen LogP contribution in [0.5, 0.6) is 0 Å². The van der Waals surface area contributed by atoms with Gasteiger partial charge < -0.3 is 10.1 Å². The SMILES string of the molecule is CC[C@H](C(=O)O[C@H](C)C(=O)Nc1ccc(F)c(F)c1F)c1ccccc1. The Bertz CT molecular complexity index is 796. The molecule has 2 rings (SSSR count). The summed E-state index contributed by atoms with van der Waals surface area (Å²) in [5, 5.41) is 2.08. The van der Waals surface area contributed by atoms with E-state index in [1.165, 1.54) is 6.92 Å². The number of ether oxygens (including phenoxy) is 1. The molecule has 0 aliphatic rings. The van der Waals surface area contributed by atoms with E-state index in [2.05, 4.69) is 5.32 Å². The van der Waals surface area contributed by atoms with Crippen LogP contribution < -0.4 is 5.32 Å². The molecule has 0 spiro atoms. The molecule has 7 heteroatoms. The second kappa shape index (κ2) is 8.51. The standard InChI is InChI=1S/C19H18F3NO3/c1-3-13(12-7-5-4-6-8-12)19(25)26-11(2)18(24)23-15-10-9-14(20)16(21)17(15)22/h4-11,13H,3H2,1-2H3,(H,23,24)/t11-,13+/m1/s1. The van der Waals surface area contributed by atoms with Crippen LogP contribution in [0.15, 0.2) is 42.5 Å². The molecule has 0 heterocycles. The average Bonchev–Trinajstić information content (AvgIpc) is 2.63. The van der Waals surface area contributed by atoms with Gasteiger partial charge in [0.2, 0.25) is 0 Å². The van der Waals surface area contributed by atoms with E-state index in [9.17, 15) is 22.8 Å². The second-order valence-electron chi connectivity index (χ2n) is 5.66. The van der Waals surface area contributed by atoms with E-state index in [0.29, 0.717) is 12.5 Å². The molecule has 0 unspecified atom stereocenters. The first-order valence-corrected chi connectivity index (χ1v) is 8.05. The number of carbonyl (C=O) groups is 2. The summed E-state index contributed by atoms with van der Waals surface area (Å²) in [6.45, 7) is 3.11. The number of anilines is 1. The molecule has 2 atom stereocenters. The molecule has 0 fully saturated rings. The van der Waals surface area contributed by atoms with E-state index in [-0.39, 0.29) is 0 Å². The minimum atomic E-state index is -1.69. The molecule has 4 nitrogen and oxygen atoms in total. The minimum Gasteiger partial charge on any atom is -0.452 e. The minimum absolute atomic E-state index is 0.467. The fraction of sp³-hybridized carbons (Fsp3) is 0.263. The fourth-order valence-electron chi connectivity index (χ4n) is 2.39. The summed E-state index contributed by atoms with van der Waals surface area (Å²) in [6.07, 6.45) is -0.776. The molecule has 0 saturated heterocycles. The van der Waals surface area contributed by atoms with E-state index >= 15 is 0 Å². The highest BCUT2D eigenvalue weighted by Gasteiger charge is 2.26. The molecule has 1 N–H and O–H groups in total. The van der Waals surface area contributed by atoms with Gasteiger partial charge in [0, 0.05) is 0 Å². The molecule has 2 aromatic rings. The molecule has 0 radical (unpaired) electrons. The zero-order valence-electron chi connectivity index (χ0n) is 14.3. The van der Waals surface area contributed by atoms with Gasteiger partial charge in [-0.2, -0.15) is 0 Å². The highest BCUT2D eigenvalue weighted by molar-refractivity contribution is 5.95. The smallest absolute Gasteiger partial charge is 0.314 e. The number of carbonyl (C=O) groups excluding carboxylic acids is 2. The van der Waals surface area contributed by atoms with Crippen molar-refractivity contribution in [1.82, 2.24) is 0 Å². The summed E-state index contributed by atoms with van der Waals surface area (Å²) in [4.78, 5) is 24.4. The highest BCUT2D eigenvalue weighted by Crippen LogP contribution is 2.23. The lowest BCUT2D eigenvalue weighted by Gasteiger charge is -2.18. The largest absolute Gasteiger partial charge is 0.452 e. The van der Waals surface area contributed by atoms with Gasteiger partial charge in [0.15, 0.2) is 23.6 Å². The maximum absolute atomic E-state index is 13.6. The van der Waals surface area contributed by atoms with Crippen molar-refractivity contribution in [2.45, 2.75) is 32.3 Å². The molecule has 0 aliphatic carbocycles. The van der Waals surface area contributed by atoms with E-state index in [1.807, 2.05) is 6.07 Å². The summed E-state index contributed by atoms with van der Waals surface area (Å²) in [6, 6.07) is 10.5. The van der Waals surface area contributed by atoms with Gasteiger partial charge in [-0.1, -0.05) is 37.3 Å². The van der Waals surface area contributed by atoms with Gasteiger partial charge >= 0.3 is 5.97 Å². The summed E-state index contributed by atoms with van der Waals surface area (Å²) in [5.74, 6) is -6.59. The summed E-state index contributed by atoms with van der Waals surface area (Å²) in [7, 11) is 0. The Morgan fingerprint density at radius 2 is 1.69 bits per heavy atom. The Labute approximate surface area is 149 Å². The van der Waals surface area contributed by atoms with Crippen LogP contribution in [0.1, 0.15) is 31.7 Å². The third-order valence-corrected chi connectivity index (χ3v) is 3.85. The quantitative estimate of drug-likeness (QED) is 0.618. The van der Waals surface area contributed by atoms with Crippen molar-refractivity contribution in [3.05, 3.63) is 65.5 Å². The Balaban J connectivity index is 2.04. The maximum atomic E-state index is 13.6. The van der Waals surface area contributed by atoms with Crippen molar-refractivity contribution in [1.29, 1.82) is 0 Å². The lowest BCUT2D eigenvalue weighted by atomic mass is 9.97. The molecular weight excluding hydrogens is 347 g/mol. The number of hydrogen-bond donors (Lipinski definition) is 1. The number of rotatable bonds is 6. The Morgan fingerprint density at radius 1 is 1.04 bits per heavy atom.